The maximum Gasteiger partial charge on any atom is 0.133 e. The Kier molecular flexibility index (Phi) is 0.866. The van der Waals surface area contributed by atoms with Crippen molar-refractivity contribution in [3.05, 3.63) is 0 Å². The molecule has 0 saturated carbocycles. The van der Waals surface area contributed by atoms with Gasteiger partial charge in [0.15, 0.2) is 0 Å². The van der Waals surface area contributed by atoms with Crippen LogP contribution in [0.5, 0.6) is 0 Å². The predicted molar refractivity (Wildman–Crippen MR) is 29.1 cm³/mol. The average molecular weight is 135 g/mol. The molecule has 2 atom stereocenters. The van der Waals surface area contributed by atoms with Crippen LogP contribution in [-0.4, -0.2) is 30.8 Å². The summed E-state index contributed by atoms with van der Waals surface area (Å²) >= 11 is 5.59. The highest BCUT2D eigenvalue weighted by atomic mass is 35.5. The van der Waals surface area contributed by atoms with Crippen LogP contribution in [0.4, 0.5) is 0 Å². The number of epoxide rings is 2. The molecule has 3 heteroatoms. The molecule has 0 spiro atoms. The first kappa shape index (κ1) is 5.03. The van der Waals surface area contributed by atoms with Crippen molar-refractivity contribution in [2.24, 2.45) is 0 Å². The topological polar surface area (TPSA) is 25.1 Å². The van der Waals surface area contributed by atoms with Gasteiger partial charge in [0.25, 0.3) is 0 Å². The second kappa shape index (κ2) is 1.38. The van der Waals surface area contributed by atoms with Crippen molar-refractivity contribution in [3.8, 4) is 0 Å². The van der Waals surface area contributed by atoms with Gasteiger partial charge in [0.1, 0.15) is 11.7 Å². The lowest BCUT2D eigenvalue weighted by molar-refractivity contribution is 0.256. The van der Waals surface area contributed by atoms with Crippen LogP contribution < -0.4 is 0 Å². The quantitative estimate of drug-likeness (QED) is 0.403. The van der Waals surface area contributed by atoms with E-state index in [2.05, 4.69) is 0 Å². The molecule has 2 aliphatic heterocycles. The molecule has 2 heterocycles. The molecular weight excluding hydrogens is 128 g/mol. The molecule has 0 N–H and O–H groups in total. The number of hydrogen-bond acceptors (Lipinski definition) is 2. The van der Waals surface area contributed by atoms with Gasteiger partial charge in [-0.05, 0) is 0 Å². The van der Waals surface area contributed by atoms with E-state index < -0.39 is 0 Å². The monoisotopic (exact) mass is 134 g/mol. The van der Waals surface area contributed by atoms with Crippen molar-refractivity contribution in [1.82, 2.24) is 0 Å². The molecule has 2 rings (SSSR count). The molecule has 0 aromatic carbocycles. The van der Waals surface area contributed by atoms with Crippen LogP contribution in [0.3, 0.4) is 0 Å². The first-order valence-electron chi connectivity index (χ1n) is 2.69. The Morgan fingerprint density at radius 3 is 2.50 bits per heavy atom. The van der Waals surface area contributed by atoms with E-state index in [1.54, 1.807) is 0 Å². The molecule has 2 saturated heterocycles. The number of hydrogen-bond donors (Lipinski definition) is 0. The van der Waals surface area contributed by atoms with Crippen molar-refractivity contribution in [3.63, 3.8) is 0 Å². The highest BCUT2D eigenvalue weighted by Crippen LogP contribution is 2.39. The Labute approximate surface area is 52.7 Å². The van der Waals surface area contributed by atoms with Gasteiger partial charge >= 0.3 is 0 Å². The van der Waals surface area contributed by atoms with E-state index >= 15 is 0 Å². The Morgan fingerprint density at radius 2 is 2.38 bits per heavy atom. The zero-order valence-electron chi connectivity index (χ0n) is 4.39. The Bertz CT molecular complexity index is 107. The third kappa shape index (κ3) is 0.569. The molecule has 0 aromatic rings. The third-order valence-electron chi connectivity index (χ3n) is 1.66. The maximum atomic E-state index is 5.59. The van der Waals surface area contributed by atoms with Gasteiger partial charge in [-0.2, -0.15) is 0 Å². The zero-order chi connectivity index (χ0) is 5.61. The Hall–Kier alpha value is 0.210. The molecule has 2 aliphatic rings. The minimum Gasteiger partial charge on any atom is -0.370 e. The summed E-state index contributed by atoms with van der Waals surface area (Å²) in [5, 5.41) is 0. The molecule has 0 aliphatic carbocycles. The summed E-state index contributed by atoms with van der Waals surface area (Å²) in [5.74, 6) is 0.581. The predicted octanol–water partition coefficient (Wildman–Crippen LogP) is 0.393. The first-order chi connectivity index (χ1) is 3.87. The molecule has 2 nitrogen and oxygen atoms in total. The highest BCUT2D eigenvalue weighted by molar-refractivity contribution is 6.18. The van der Waals surface area contributed by atoms with Crippen LogP contribution >= 0.6 is 11.6 Å². The van der Waals surface area contributed by atoms with Crippen LogP contribution in [0, 0.1) is 0 Å². The lowest BCUT2D eigenvalue weighted by atomic mass is 10.1. The first-order valence-corrected chi connectivity index (χ1v) is 3.22. The van der Waals surface area contributed by atoms with E-state index in [-0.39, 0.29) is 5.60 Å². The zero-order valence-corrected chi connectivity index (χ0v) is 5.15. The Morgan fingerprint density at radius 1 is 1.75 bits per heavy atom. The molecular formula is C5H7ClO2. The van der Waals surface area contributed by atoms with Crippen molar-refractivity contribution in [2.45, 2.75) is 11.7 Å². The summed E-state index contributed by atoms with van der Waals surface area (Å²) in [5.41, 5.74) is -0.0540. The van der Waals surface area contributed by atoms with Crippen molar-refractivity contribution >= 4 is 11.6 Å². The molecule has 0 aromatic heterocycles. The second-order valence-corrected chi connectivity index (χ2v) is 2.58. The minimum absolute atomic E-state index is 0.0540. The fourth-order valence-corrected chi connectivity index (χ4v) is 1.12. The SMILES string of the molecule is ClCC1(C2CO2)CO1. The maximum absolute atomic E-state index is 5.59. The summed E-state index contributed by atoms with van der Waals surface area (Å²) < 4.78 is 10.1. The lowest BCUT2D eigenvalue weighted by Crippen LogP contribution is -2.20. The van der Waals surface area contributed by atoms with Crippen LogP contribution in [0.2, 0.25) is 0 Å². The normalized spacial score (nSPS) is 51.4. The number of ether oxygens (including phenoxy) is 2. The fourth-order valence-electron chi connectivity index (χ4n) is 0.794. The summed E-state index contributed by atoms with van der Waals surface area (Å²) in [6.07, 6.45) is 0.319. The van der Waals surface area contributed by atoms with E-state index in [0.717, 1.165) is 13.2 Å². The molecule has 0 amide bonds. The highest BCUT2D eigenvalue weighted by Gasteiger charge is 2.57. The molecule has 2 fully saturated rings. The van der Waals surface area contributed by atoms with Gasteiger partial charge in [-0.3, -0.25) is 0 Å². The van der Waals surface area contributed by atoms with E-state index in [1.165, 1.54) is 0 Å². The number of rotatable bonds is 2. The lowest BCUT2D eigenvalue weighted by Gasteiger charge is -1.98. The van der Waals surface area contributed by atoms with Crippen LogP contribution in [0.25, 0.3) is 0 Å². The van der Waals surface area contributed by atoms with Gasteiger partial charge in [-0.15, -0.1) is 11.6 Å². The molecule has 2 unspecified atom stereocenters. The molecule has 8 heavy (non-hydrogen) atoms. The van der Waals surface area contributed by atoms with Crippen LogP contribution in [0.1, 0.15) is 0 Å². The molecule has 46 valence electrons. The standard InChI is InChI=1S/C5H7ClO2/c6-2-5(3-8-5)4-1-7-4/h4H,1-3H2. The van der Waals surface area contributed by atoms with Crippen LogP contribution in [0.15, 0.2) is 0 Å². The summed E-state index contributed by atoms with van der Waals surface area (Å²) in [6.45, 7) is 1.63. The van der Waals surface area contributed by atoms with E-state index in [4.69, 9.17) is 21.1 Å². The average Bonchev–Trinajstić information content (AvgIpc) is 2.63. The number of alkyl halides is 1. The van der Waals surface area contributed by atoms with Gasteiger partial charge in [-0.1, -0.05) is 0 Å². The van der Waals surface area contributed by atoms with Crippen LogP contribution in [-0.2, 0) is 9.47 Å². The van der Waals surface area contributed by atoms with Gasteiger partial charge in [0.05, 0.1) is 19.1 Å². The summed E-state index contributed by atoms with van der Waals surface area (Å²) in [6, 6.07) is 0. The number of halogens is 1. The Balaban J connectivity index is 1.99. The van der Waals surface area contributed by atoms with Gasteiger partial charge in [0, 0.05) is 0 Å². The smallest absolute Gasteiger partial charge is 0.133 e. The van der Waals surface area contributed by atoms with E-state index in [0.29, 0.717) is 12.0 Å². The van der Waals surface area contributed by atoms with E-state index in [9.17, 15) is 0 Å². The largest absolute Gasteiger partial charge is 0.370 e. The summed E-state index contributed by atoms with van der Waals surface area (Å²) in [4.78, 5) is 0. The third-order valence-corrected chi connectivity index (χ3v) is 2.11. The van der Waals surface area contributed by atoms with Crippen molar-refractivity contribution in [2.75, 3.05) is 19.1 Å². The second-order valence-electron chi connectivity index (χ2n) is 2.31. The van der Waals surface area contributed by atoms with Gasteiger partial charge in [0.2, 0.25) is 0 Å². The van der Waals surface area contributed by atoms with E-state index in [1.807, 2.05) is 0 Å². The minimum atomic E-state index is -0.0540. The van der Waals surface area contributed by atoms with Crippen molar-refractivity contribution < 1.29 is 9.47 Å². The van der Waals surface area contributed by atoms with Gasteiger partial charge in [-0.25, -0.2) is 0 Å². The molecule has 0 radical (unpaired) electrons. The summed E-state index contributed by atoms with van der Waals surface area (Å²) in [7, 11) is 0. The van der Waals surface area contributed by atoms with Gasteiger partial charge < -0.3 is 9.47 Å². The van der Waals surface area contributed by atoms with Crippen molar-refractivity contribution in [1.29, 1.82) is 0 Å². The molecule has 0 bridgehead atoms. The fraction of sp³-hybridized carbons (Fsp3) is 1.00.